The summed E-state index contributed by atoms with van der Waals surface area (Å²) in [7, 11) is -3.75. The monoisotopic (exact) mass is 432 g/mol. The van der Waals surface area contributed by atoms with E-state index in [-0.39, 0.29) is 17.3 Å². The van der Waals surface area contributed by atoms with E-state index in [0.29, 0.717) is 22.7 Å². The highest BCUT2D eigenvalue weighted by molar-refractivity contribution is 7.89. The Bertz CT molecular complexity index is 1080. The summed E-state index contributed by atoms with van der Waals surface area (Å²) in [5.74, 6) is -0.743. The van der Waals surface area contributed by atoms with E-state index in [4.69, 9.17) is 11.6 Å². The molecule has 29 heavy (non-hydrogen) atoms. The molecule has 3 aromatic carbocycles. The van der Waals surface area contributed by atoms with Crippen molar-refractivity contribution < 1.29 is 17.6 Å². The van der Waals surface area contributed by atoms with Crippen molar-refractivity contribution in [2.75, 3.05) is 0 Å². The molecule has 0 fully saturated rings. The van der Waals surface area contributed by atoms with Gasteiger partial charge in [0.15, 0.2) is 0 Å². The fourth-order valence-electron chi connectivity index (χ4n) is 2.54. The van der Waals surface area contributed by atoms with Crippen molar-refractivity contribution in [1.82, 2.24) is 10.0 Å². The standard InChI is InChI=1S/C21H18ClFN2O3S/c22-18-7-3-15(4-8-18)13-24-21(26)17-5-1-16(2-6-17)14-25-29(27,28)20-11-9-19(23)10-12-20/h1-12,25H,13-14H2,(H,24,26). The van der Waals surface area contributed by atoms with Crippen molar-refractivity contribution in [3.8, 4) is 0 Å². The number of nitrogens with one attached hydrogen (secondary N) is 2. The average Bonchev–Trinajstić information content (AvgIpc) is 2.72. The van der Waals surface area contributed by atoms with Gasteiger partial charge in [0.05, 0.1) is 4.90 Å². The molecule has 0 spiro atoms. The van der Waals surface area contributed by atoms with Crippen LogP contribution < -0.4 is 10.0 Å². The van der Waals surface area contributed by atoms with Crippen LogP contribution in [0.25, 0.3) is 0 Å². The lowest BCUT2D eigenvalue weighted by atomic mass is 10.1. The Morgan fingerprint density at radius 2 is 1.38 bits per heavy atom. The van der Waals surface area contributed by atoms with Crippen molar-refractivity contribution in [1.29, 1.82) is 0 Å². The summed E-state index contributed by atoms with van der Waals surface area (Å²) in [4.78, 5) is 12.2. The molecule has 0 aromatic heterocycles. The molecule has 8 heteroatoms. The second kappa shape index (κ2) is 9.17. The van der Waals surface area contributed by atoms with Crippen LogP contribution in [-0.4, -0.2) is 14.3 Å². The number of carbonyl (C=O) groups is 1. The first-order valence-corrected chi connectivity index (χ1v) is 10.6. The Hall–Kier alpha value is -2.74. The number of carbonyl (C=O) groups excluding carboxylic acids is 1. The lowest BCUT2D eigenvalue weighted by molar-refractivity contribution is 0.0951. The minimum atomic E-state index is -3.75. The highest BCUT2D eigenvalue weighted by Gasteiger charge is 2.14. The van der Waals surface area contributed by atoms with Crippen LogP contribution in [0.2, 0.25) is 5.02 Å². The molecule has 3 rings (SSSR count). The lowest BCUT2D eigenvalue weighted by Gasteiger charge is -2.08. The summed E-state index contributed by atoms with van der Waals surface area (Å²) in [6, 6.07) is 18.3. The Balaban J connectivity index is 1.56. The predicted octanol–water partition coefficient (Wildman–Crippen LogP) is 3.89. The maximum atomic E-state index is 12.9. The first-order chi connectivity index (χ1) is 13.8. The number of rotatable bonds is 7. The molecule has 2 N–H and O–H groups in total. The normalized spacial score (nSPS) is 11.2. The smallest absolute Gasteiger partial charge is 0.251 e. The first-order valence-electron chi connectivity index (χ1n) is 8.70. The topological polar surface area (TPSA) is 75.3 Å². The van der Waals surface area contributed by atoms with E-state index in [1.165, 1.54) is 12.1 Å². The fraction of sp³-hybridized carbons (Fsp3) is 0.0952. The van der Waals surface area contributed by atoms with Crippen LogP contribution in [0.1, 0.15) is 21.5 Å². The molecule has 5 nitrogen and oxygen atoms in total. The average molecular weight is 433 g/mol. The molecule has 0 atom stereocenters. The molecule has 1 amide bonds. The zero-order chi connectivity index (χ0) is 20.9. The van der Waals surface area contributed by atoms with E-state index in [1.54, 1.807) is 36.4 Å². The summed E-state index contributed by atoms with van der Waals surface area (Å²) in [5.41, 5.74) is 2.07. The van der Waals surface area contributed by atoms with Crippen LogP contribution in [0.5, 0.6) is 0 Å². The molecule has 150 valence electrons. The molecule has 0 unspecified atom stereocenters. The Labute approximate surface area is 173 Å². The van der Waals surface area contributed by atoms with Crippen LogP contribution >= 0.6 is 11.6 Å². The van der Waals surface area contributed by atoms with Crippen molar-refractivity contribution in [2.45, 2.75) is 18.0 Å². The van der Waals surface area contributed by atoms with Crippen molar-refractivity contribution in [2.24, 2.45) is 0 Å². The fourth-order valence-corrected chi connectivity index (χ4v) is 3.68. The summed E-state index contributed by atoms with van der Waals surface area (Å²) in [6.07, 6.45) is 0. The summed E-state index contributed by atoms with van der Waals surface area (Å²) >= 11 is 5.83. The van der Waals surface area contributed by atoms with Gasteiger partial charge in [0, 0.05) is 23.7 Å². The van der Waals surface area contributed by atoms with Gasteiger partial charge in [-0.15, -0.1) is 0 Å². The highest BCUT2D eigenvalue weighted by Crippen LogP contribution is 2.12. The first kappa shape index (κ1) is 21.0. The van der Waals surface area contributed by atoms with Gasteiger partial charge in [-0.1, -0.05) is 35.9 Å². The van der Waals surface area contributed by atoms with Crippen molar-refractivity contribution >= 4 is 27.5 Å². The van der Waals surface area contributed by atoms with Gasteiger partial charge in [0.25, 0.3) is 5.91 Å². The van der Waals surface area contributed by atoms with Gasteiger partial charge in [-0.2, -0.15) is 0 Å². The van der Waals surface area contributed by atoms with Crippen LogP contribution in [0.15, 0.2) is 77.7 Å². The summed E-state index contributed by atoms with van der Waals surface area (Å²) < 4.78 is 39.8. The quantitative estimate of drug-likeness (QED) is 0.594. The zero-order valence-corrected chi connectivity index (χ0v) is 16.8. The second-order valence-corrected chi connectivity index (χ2v) is 8.49. The van der Waals surface area contributed by atoms with Crippen molar-refractivity contribution in [3.63, 3.8) is 0 Å². The molecule has 0 heterocycles. The Morgan fingerprint density at radius 3 is 2.00 bits per heavy atom. The third-order valence-corrected chi connectivity index (χ3v) is 5.84. The number of hydrogen-bond acceptors (Lipinski definition) is 3. The van der Waals surface area contributed by atoms with E-state index < -0.39 is 15.8 Å². The van der Waals surface area contributed by atoms with Gasteiger partial charge in [-0.25, -0.2) is 17.5 Å². The summed E-state index contributed by atoms with van der Waals surface area (Å²) in [6.45, 7) is 0.418. The number of hydrogen-bond donors (Lipinski definition) is 2. The van der Waals surface area contributed by atoms with E-state index in [2.05, 4.69) is 10.0 Å². The van der Waals surface area contributed by atoms with Gasteiger partial charge in [0.2, 0.25) is 10.0 Å². The van der Waals surface area contributed by atoms with Gasteiger partial charge >= 0.3 is 0 Å². The minimum Gasteiger partial charge on any atom is -0.348 e. The number of benzene rings is 3. The lowest BCUT2D eigenvalue weighted by Crippen LogP contribution is -2.24. The Kier molecular flexibility index (Phi) is 6.64. The second-order valence-electron chi connectivity index (χ2n) is 6.28. The van der Waals surface area contributed by atoms with Crippen molar-refractivity contribution in [3.05, 3.63) is 100 Å². The molecular formula is C21H18ClFN2O3S. The maximum Gasteiger partial charge on any atom is 0.251 e. The van der Waals surface area contributed by atoms with Gasteiger partial charge in [-0.05, 0) is 59.7 Å². The minimum absolute atomic E-state index is 0.0166. The van der Waals surface area contributed by atoms with Gasteiger partial charge in [-0.3, -0.25) is 4.79 Å². The molecule has 0 saturated carbocycles. The molecule has 0 aliphatic heterocycles. The van der Waals surface area contributed by atoms with Crippen LogP contribution in [0.4, 0.5) is 4.39 Å². The molecule has 0 radical (unpaired) electrons. The number of amides is 1. The molecule has 3 aromatic rings. The highest BCUT2D eigenvalue weighted by atomic mass is 35.5. The third kappa shape index (κ3) is 5.87. The predicted molar refractivity (Wildman–Crippen MR) is 109 cm³/mol. The van der Waals surface area contributed by atoms with Crippen LogP contribution in [0, 0.1) is 5.82 Å². The van der Waals surface area contributed by atoms with E-state index in [0.717, 1.165) is 17.7 Å². The van der Waals surface area contributed by atoms with E-state index in [1.807, 2.05) is 12.1 Å². The van der Waals surface area contributed by atoms with Gasteiger partial charge < -0.3 is 5.32 Å². The Morgan fingerprint density at radius 1 is 0.828 bits per heavy atom. The molecule has 0 bridgehead atoms. The third-order valence-electron chi connectivity index (χ3n) is 4.17. The van der Waals surface area contributed by atoms with E-state index in [9.17, 15) is 17.6 Å². The zero-order valence-electron chi connectivity index (χ0n) is 15.2. The van der Waals surface area contributed by atoms with Crippen LogP contribution in [-0.2, 0) is 23.1 Å². The summed E-state index contributed by atoms with van der Waals surface area (Å²) in [5, 5.41) is 3.44. The SMILES string of the molecule is O=C(NCc1ccc(Cl)cc1)c1ccc(CNS(=O)(=O)c2ccc(F)cc2)cc1. The molecular weight excluding hydrogens is 415 g/mol. The van der Waals surface area contributed by atoms with Gasteiger partial charge in [0.1, 0.15) is 5.82 Å². The molecule has 0 saturated heterocycles. The maximum absolute atomic E-state index is 12.9. The number of sulfonamides is 1. The molecule has 0 aliphatic rings. The molecule has 0 aliphatic carbocycles. The largest absolute Gasteiger partial charge is 0.348 e. The van der Waals surface area contributed by atoms with Crippen LogP contribution in [0.3, 0.4) is 0 Å². The van der Waals surface area contributed by atoms with E-state index >= 15 is 0 Å². The number of halogens is 2.